The summed E-state index contributed by atoms with van der Waals surface area (Å²) in [7, 11) is -3.93. The minimum absolute atomic E-state index is 0.000285. The Morgan fingerprint density at radius 3 is 2.35 bits per heavy atom. The van der Waals surface area contributed by atoms with Gasteiger partial charge in [-0.05, 0) is 18.4 Å². The van der Waals surface area contributed by atoms with Crippen molar-refractivity contribution in [2.45, 2.75) is 65.8 Å². The SMILES string of the molecule is CCCC(OC(=O)Cc1ccccc1)OC(=O)[C@H](O)C(C)(C)COS(=O)(=O)CCCNC(C)=O. The standard InChI is InChI=1S/C23H35NO9S/c1-5-10-20(32-19(26)15-18-11-7-6-8-12-18)33-22(28)21(27)23(3,4)16-31-34(29,30)14-9-13-24-17(2)25/h6-8,11-12,20-21,27H,5,9-10,13-16H2,1-4H3,(H,24,25)/t20?,21-/m0/s1. The number of amides is 1. The van der Waals surface area contributed by atoms with Crippen LogP contribution in [-0.2, 0) is 44.6 Å². The number of carbonyl (C=O) groups excluding carboxylic acids is 3. The van der Waals surface area contributed by atoms with Gasteiger partial charge in [0.1, 0.15) is 0 Å². The van der Waals surface area contributed by atoms with Gasteiger partial charge >= 0.3 is 11.9 Å². The van der Waals surface area contributed by atoms with E-state index in [1.807, 2.05) is 13.0 Å². The molecule has 2 atom stereocenters. The van der Waals surface area contributed by atoms with E-state index in [1.165, 1.54) is 20.8 Å². The van der Waals surface area contributed by atoms with Crippen LogP contribution in [0.25, 0.3) is 0 Å². The van der Waals surface area contributed by atoms with Crippen molar-refractivity contribution in [3.05, 3.63) is 35.9 Å². The third-order valence-electron chi connectivity index (χ3n) is 4.75. The summed E-state index contributed by atoms with van der Waals surface area (Å²) in [6.45, 7) is 5.74. The minimum Gasteiger partial charge on any atom is -0.425 e. The Morgan fingerprint density at radius 2 is 1.76 bits per heavy atom. The van der Waals surface area contributed by atoms with E-state index < -0.39 is 46.5 Å². The van der Waals surface area contributed by atoms with Crippen LogP contribution in [0.1, 0.15) is 52.5 Å². The maximum absolute atomic E-state index is 12.5. The number of aliphatic hydroxyl groups is 1. The van der Waals surface area contributed by atoms with E-state index in [1.54, 1.807) is 24.3 Å². The van der Waals surface area contributed by atoms with Gasteiger partial charge < -0.3 is 19.9 Å². The fourth-order valence-corrected chi connectivity index (χ4v) is 3.83. The van der Waals surface area contributed by atoms with Crippen LogP contribution in [-0.4, -0.2) is 62.7 Å². The van der Waals surface area contributed by atoms with Gasteiger partial charge in [-0.2, -0.15) is 8.42 Å². The molecule has 0 aromatic heterocycles. The molecule has 11 heteroatoms. The fourth-order valence-electron chi connectivity index (χ4n) is 2.73. The smallest absolute Gasteiger partial charge is 0.338 e. The molecule has 0 bridgehead atoms. The number of hydrogen-bond acceptors (Lipinski definition) is 9. The Balaban J connectivity index is 2.61. The molecule has 0 heterocycles. The molecule has 192 valence electrons. The lowest BCUT2D eigenvalue weighted by molar-refractivity contribution is -0.199. The van der Waals surface area contributed by atoms with Crippen molar-refractivity contribution < 1.29 is 41.6 Å². The number of ether oxygens (including phenoxy) is 2. The molecule has 0 spiro atoms. The van der Waals surface area contributed by atoms with Crippen LogP contribution < -0.4 is 5.32 Å². The molecular weight excluding hydrogens is 466 g/mol. The van der Waals surface area contributed by atoms with Gasteiger partial charge in [0.15, 0.2) is 6.10 Å². The van der Waals surface area contributed by atoms with Gasteiger partial charge in [-0.15, -0.1) is 0 Å². The highest BCUT2D eigenvalue weighted by Crippen LogP contribution is 2.24. The van der Waals surface area contributed by atoms with Crippen molar-refractivity contribution in [1.82, 2.24) is 5.32 Å². The van der Waals surface area contributed by atoms with Crippen LogP contribution in [0.5, 0.6) is 0 Å². The monoisotopic (exact) mass is 501 g/mol. The van der Waals surface area contributed by atoms with Gasteiger partial charge in [0, 0.05) is 25.3 Å². The first kappa shape index (κ1) is 29.5. The van der Waals surface area contributed by atoms with Gasteiger partial charge in [-0.1, -0.05) is 51.1 Å². The number of rotatable bonds is 15. The molecule has 0 saturated heterocycles. The van der Waals surface area contributed by atoms with Gasteiger partial charge in [0.2, 0.25) is 12.2 Å². The lowest BCUT2D eigenvalue weighted by Gasteiger charge is -2.29. The molecule has 0 aliphatic carbocycles. The molecule has 34 heavy (non-hydrogen) atoms. The fraction of sp³-hybridized carbons (Fsp3) is 0.609. The van der Waals surface area contributed by atoms with Crippen molar-refractivity contribution in [3.63, 3.8) is 0 Å². The largest absolute Gasteiger partial charge is 0.425 e. The summed E-state index contributed by atoms with van der Waals surface area (Å²) >= 11 is 0. The summed E-state index contributed by atoms with van der Waals surface area (Å²) < 4.78 is 39.5. The van der Waals surface area contributed by atoms with E-state index in [0.717, 1.165) is 5.56 Å². The maximum atomic E-state index is 12.5. The van der Waals surface area contributed by atoms with Crippen LogP contribution in [0, 0.1) is 5.41 Å². The molecule has 0 radical (unpaired) electrons. The normalized spacial score (nSPS) is 13.6. The van der Waals surface area contributed by atoms with Crippen molar-refractivity contribution in [1.29, 1.82) is 0 Å². The Labute approximate surface area is 201 Å². The van der Waals surface area contributed by atoms with Crippen molar-refractivity contribution >= 4 is 28.0 Å². The Hall–Kier alpha value is -2.50. The summed E-state index contributed by atoms with van der Waals surface area (Å²) in [6.07, 6.45) is -1.97. The molecular formula is C23H35NO9S. The van der Waals surface area contributed by atoms with E-state index >= 15 is 0 Å². The van der Waals surface area contributed by atoms with Crippen LogP contribution in [0.2, 0.25) is 0 Å². The molecule has 10 nitrogen and oxygen atoms in total. The summed E-state index contributed by atoms with van der Waals surface area (Å²) in [4.78, 5) is 35.6. The number of nitrogens with one attached hydrogen (secondary N) is 1. The molecule has 0 saturated carbocycles. The lowest BCUT2D eigenvalue weighted by atomic mass is 9.87. The quantitative estimate of drug-likeness (QED) is 0.159. The summed E-state index contributed by atoms with van der Waals surface area (Å²) in [5, 5.41) is 12.9. The highest BCUT2D eigenvalue weighted by Gasteiger charge is 2.38. The maximum Gasteiger partial charge on any atom is 0.338 e. The van der Waals surface area contributed by atoms with Crippen molar-refractivity contribution in [3.8, 4) is 0 Å². The number of benzene rings is 1. The zero-order valence-electron chi connectivity index (χ0n) is 20.1. The zero-order chi connectivity index (χ0) is 25.8. The number of esters is 2. The average molecular weight is 502 g/mol. The topological polar surface area (TPSA) is 145 Å². The number of hydrogen-bond donors (Lipinski definition) is 2. The molecule has 1 aromatic carbocycles. The molecule has 1 unspecified atom stereocenters. The average Bonchev–Trinajstić information content (AvgIpc) is 2.75. The van der Waals surface area contributed by atoms with Crippen LogP contribution in [0.3, 0.4) is 0 Å². The van der Waals surface area contributed by atoms with Crippen LogP contribution in [0.4, 0.5) is 0 Å². The molecule has 1 rings (SSSR count). The molecule has 1 amide bonds. The van der Waals surface area contributed by atoms with E-state index in [9.17, 15) is 27.9 Å². The molecule has 0 fully saturated rings. The zero-order valence-corrected chi connectivity index (χ0v) is 20.9. The Kier molecular flexibility index (Phi) is 12.2. The van der Waals surface area contributed by atoms with E-state index in [-0.39, 0.29) is 37.5 Å². The van der Waals surface area contributed by atoms with Crippen molar-refractivity contribution in [2.24, 2.45) is 5.41 Å². The van der Waals surface area contributed by atoms with E-state index in [2.05, 4.69) is 5.32 Å². The minimum atomic E-state index is -3.93. The molecule has 1 aromatic rings. The first-order chi connectivity index (χ1) is 15.9. The van der Waals surface area contributed by atoms with Gasteiger partial charge in [0.25, 0.3) is 10.1 Å². The highest BCUT2D eigenvalue weighted by molar-refractivity contribution is 7.86. The second-order valence-corrected chi connectivity index (χ2v) is 10.3. The first-order valence-corrected chi connectivity index (χ1v) is 12.7. The number of aliphatic hydroxyl groups excluding tert-OH is 1. The highest BCUT2D eigenvalue weighted by atomic mass is 32.2. The van der Waals surface area contributed by atoms with E-state index in [0.29, 0.717) is 6.42 Å². The Morgan fingerprint density at radius 1 is 1.12 bits per heavy atom. The summed E-state index contributed by atoms with van der Waals surface area (Å²) in [6, 6.07) is 8.93. The van der Waals surface area contributed by atoms with Gasteiger partial charge in [0.05, 0.1) is 18.8 Å². The summed E-state index contributed by atoms with van der Waals surface area (Å²) in [5.74, 6) is -2.24. The van der Waals surface area contributed by atoms with Crippen LogP contribution in [0.15, 0.2) is 30.3 Å². The van der Waals surface area contributed by atoms with Gasteiger partial charge in [-0.25, -0.2) is 4.79 Å². The second kappa shape index (κ2) is 14.0. The predicted molar refractivity (Wildman–Crippen MR) is 124 cm³/mol. The van der Waals surface area contributed by atoms with E-state index in [4.69, 9.17) is 13.7 Å². The van der Waals surface area contributed by atoms with Crippen molar-refractivity contribution in [2.75, 3.05) is 18.9 Å². The lowest BCUT2D eigenvalue weighted by Crippen LogP contribution is -2.43. The third kappa shape index (κ3) is 11.6. The molecule has 2 N–H and O–H groups in total. The second-order valence-electron chi connectivity index (χ2n) is 8.56. The van der Waals surface area contributed by atoms with Crippen LogP contribution >= 0.6 is 0 Å². The summed E-state index contributed by atoms with van der Waals surface area (Å²) in [5.41, 5.74) is -0.572. The molecule has 0 aliphatic rings. The first-order valence-electron chi connectivity index (χ1n) is 11.1. The number of carbonyl (C=O) groups is 3. The third-order valence-corrected chi connectivity index (χ3v) is 6.01. The van der Waals surface area contributed by atoms with Gasteiger partial charge in [-0.3, -0.25) is 13.8 Å². The Bertz CT molecular complexity index is 900. The molecule has 0 aliphatic heterocycles. The predicted octanol–water partition coefficient (Wildman–Crippen LogP) is 1.70.